The zero-order chi connectivity index (χ0) is 21.1. The van der Waals surface area contributed by atoms with E-state index in [0.717, 1.165) is 16.0 Å². The highest BCUT2D eigenvalue weighted by Gasteiger charge is 2.36. The number of rotatable bonds is 5. The first-order valence-electron chi connectivity index (χ1n) is 8.63. The van der Waals surface area contributed by atoms with Gasteiger partial charge in [-0.05, 0) is 48.9 Å². The standard InChI is InChI=1S/C20H17N3O5S/c1-12-6-5-7-13(2)18(12)21-17(24)11-22-19(25)16(29-20(22)26)10-14-8-3-4-9-15(14)23(27)28/h3-10H,11H2,1-2H3,(H,21,24)/b16-10+. The number of nitro groups is 1. The van der Waals surface area contributed by atoms with E-state index in [4.69, 9.17) is 0 Å². The third-order valence-electron chi connectivity index (χ3n) is 4.34. The smallest absolute Gasteiger partial charge is 0.294 e. The Kier molecular flexibility index (Phi) is 5.79. The van der Waals surface area contributed by atoms with Crippen LogP contribution in [0.1, 0.15) is 16.7 Å². The number of nitro benzene ring substituents is 1. The SMILES string of the molecule is Cc1cccc(C)c1NC(=O)CN1C(=O)S/C(=C/c2ccccc2[N+](=O)[O-])C1=O. The maximum Gasteiger partial charge on any atom is 0.294 e. The van der Waals surface area contributed by atoms with Crippen LogP contribution in [-0.4, -0.2) is 33.4 Å². The molecule has 8 nitrogen and oxygen atoms in total. The van der Waals surface area contributed by atoms with Gasteiger partial charge in [0.05, 0.1) is 15.4 Å². The van der Waals surface area contributed by atoms with Crippen LogP contribution in [-0.2, 0) is 9.59 Å². The number of carbonyl (C=O) groups excluding carboxylic acids is 3. The average molecular weight is 411 g/mol. The van der Waals surface area contributed by atoms with Gasteiger partial charge in [0.15, 0.2) is 0 Å². The first kappa shape index (κ1) is 20.3. The monoisotopic (exact) mass is 411 g/mol. The summed E-state index contributed by atoms with van der Waals surface area (Å²) in [5.41, 5.74) is 2.41. The summed E-state index contributed by atoms with van der Waals surface area (Å²) in [5, 5.41) is 13.3. The van der Waals surface area contributed by atoms with Crippen molar-refractivity contribution in [3.8, 4) is 0 Å². The minimum atomic E-state index is -0.658. The molecule has 1 N–H and O–H groups in total. The minimum absolute atomic E-state index is 0.0316. The van der Waals surface area contributed by atoms with Gasteiger partial charge in [0.25, 0.3) is 16.8 Å². The second kappa shape index (κ2) is 8.27. The van der Waals surface area contributed by atoms with Crippen molar-refractivity contribution in [1.29, 1.82) is 0 Å². The fraction of sp³-hybridized carbons (Fsp3) is 0.150. The molecule has 1 fully saturated rings. The van der Waals surface area contributed by atoms with Crippen LogP contribution in [0.25, 0.3) is 6.08 Å². The van der Waals surface area contributed by atoms with E-state index >= 15 is 0 Å². The van der Waals surface area contributed by atoms with E-state index in [1.165, 1.54) is 24.3 Å². The summed E-state index contributed by atoms with van der Waals surface area (Å²) in [4.78, 5) is 48.7. The summed E-state index contributed by atoms with van der Waals surface area (Å²) in [6.07, 6.45) is 1.30. The largest absolute Gasteiger partial charge is 0.324 e. The average Bonchev–Trinajstić information content (AvgIpc) is 2.92. The number of amides is 3. The quantitative estimate of drug-likeness (QED) is 0.454. The van der Waals surface area contributed by atoms with Crippen molar-refractivity contribution in [3.05, 3.63) is 74.2 Å². The van der Waals surface area contributed by atoms with Crippen LogP contribution in [0.4, 0.5) is 16.2 Å². The molecule has 0 spiro atoms. The predicted octanol–water partition coefficient (Wildman–Crippen LogP) is 3.89. The number of nitrogens with one attached hydrogen (secondary N) is 1. The van der Waals surface area contributed by atoms with Crippen LogP contribution in [0.2, 0.25) is 0 Å². The molecule has 29 heavy (non-hydrogen) atoms. The van der Waals surface area contributed by atoms with Crippen molar-refractivity contribution in [2.24, 2.45) is 0 Å². The molecule has 1 saturated heterocycles. The third kappa shape index (κ3) is 4.35. The number of carbonyl (C=O) groups is 3. The molecule has 1 aliphatic heterocycles. The van der Waals surface area contributed by atoms with E-state index in [1.807, 2.05) is 32.0 Å². The van der Waals surface area contributed by atoms with Gasteiger partial charge in [-0.2, -0.15) is 0 Å². The number of para-hydroxylation sites is 2. The van der Waals surface area contributed by atoms with Crippen molar-refractivity contribution in [3.63, 3.8) is 0 Å². The van der Waals surface area contributed by atoms with E-state index in [2.05, 4.69) is 5.32 Å². The number of hydrogen-bond acceptors (Lipinski definition) is 6. The van der Waals surface area contributed by atoms with Crippen LogP contribution < -0.4 is 5.32 Å². The molecule has 148 valence electrons. The summed E-state index contributed by atoms with van der Waals surface area (Å²) < 4.78 is 0. The molecule has 0 saturated carbocycles. The third-order valence-corrected chi connectivity index (χ3v) is 5.25. The molecule has 0 aromatic heterocycles. The fourth-order valence-electron chi connectivity index (χ4n) is 2.89. The van der Waals surface area contributed by atoms with Gasteiger partial charge in [0, 0.05) is 11.8 Å². The summed E-state index contributed by atoms with van der Waals surface area (Å²) in [7, 11) is 0. The maximum atomic E-state index is 12.6. The Morgan fingerprint density at radius 1 is 1.14 bits per heavy atom. The Morgan fingerprint density at radius 2 is 1.79 bits per heavy atom. The maximum absolute atomic E-state index is 12.6. The molecule has 0 aliphatic carbocycles. The van der Waals surface area contributed by atoms with Gasteiger partial charge in [-0.3, -0.25) is 29.4 Å². The molecule has 0 unspecified atom stereocenters. The number of hydrogen-bond donors (Lipinski definition) is 1. The lowest BCUT2D eigenvalue weighted by Gasteiger charge is -2.15. The molecule has 3 amide bonds. The Balaban J connectivity index is 1.78. The van der Waals surface area contributed by atoms with Gasteiger partial charge in [-0.15, -0.1) is 0 Å². The zero-order valence-electron chi connectivity index (χ0n) is 15.7. The van der Waals surface area contributed by atoms with Crippen LogP contribution in [0.15, 0.2) is 47.4 Å². The Hall–Kier alpha value is -3.46. The highest BCUT2D eigenvalue weighted by atomic mass is 32.2. The van der Waals surface area contributed by atoms with Gasteiger partial charge in [0.1, 0.15) is 6.54 Å². The van der Waals surface area contributed by atoms with Crippen LogP contribution in [0.5, 0.6) is 0 Å². The van der Waals surface area contributed by atoms with Crippen molar-refractivity contribution in [2.45, 2.75) is 13.8 Å². The second-order valence-electron chi connectivity index (χ2n) is 6.40. The number of aryl methyl sites for hydroxylation is 2. The van der Waals surface area contributed by atoms with E-state index in [0.29, 0.717) is 17.4 Å². The molecule has 0 bridgehead atoms. The summed E-state index contributed by atoms with van der Waals surface area (Å²) in [6, 6.07) is 11.5. The van der Waals surface area contributed by atoms with Crippen molar-refractivity contribution < 1.29 is 19.3 Å². The van der Waals surface area contributed by atoms with Crippen LogP contribution in [0, 0.1) is 24.0 Å². The van der Waals surface area contributed by atoms with Gasteiger partial charge >= 0.3 is 0 Å². The number of benzene rings is 2. The van der Waals surface area contributed by atoms with E-state index in [-0.39, 0.29) is 16.2 Å². The number of anilines is 1. The van der Waals surface area contributed by atoms with Crippen molar-refractivity contribution >= 4 is 46.3 Å². The van der Waals surface area contributed by atoms with Gasteiger partial charge in [-0.25, -0.2) is 0 Å². The highest BCUT2D eigenvalue weighted by Crippen LogP contribution is 2.33. The number of imide groups is 1. The molecule has 9 heteroatoms. The number of thioether (sulfide) groups is 1. The first-order valence-corrected chi connectivity index (χ1v) is 9.44. The molecule has 1 aliphatic rings. The minimum Gasteiger partial charge on any atom is -0.324 e. The molecule has 0 atom stereocenters. The topological polar surface area (TPSA) is 110 Å². The molecule has 3 rings (SSSR count). The highest BCUT2D eigenvalue weighted by molar-refractivity contribution is 8.18. The number of nitrogens with zero attached hydrogens (tertiary/aromatic N) is 2. The van der Waals surface area contributed by atoms with E-state index < -0.39 is 28.5 Å². The molecule has 1 heterocycles. The van der Waals surface area contributed by atoms with Gasteiger partial charge in [0.2, 0.25) is 5.91 Å². The van der Waals surface area contributed by atoms with Crippen LogP contribution >= 0.6 is 11.8 Å². The Morgan fingerprint density at radius 3 is 2.45 bits per heavy atom. The van der Waals surface area contributed by atoms with Gasteiger partial charge in [-0.1, -0.05) is 30.3 Å². The van der Waals surface area contributed by atoms with Crippen molar-refractivity contribution in [2.75, 3.05) is 11.9 Å². The lowest BCUT2D eigenvalue weighted by Crippen LogP contribution is -2.36. The lowest BCUT2D eigenvalue weighted by atomic mass is 10.1. The second-order valence-corrected chi connectivity index (χ2v) is 7.39. The zero-order valence-corrected chi connectivity index (χ0v) is 16.5. The normalized spacial score (nSPS) is 15.1. The van der Waals surface area contributed by atoms with Crippen LogP contribution in [0.3, 0.4) is 0 Å². The molecule has 0 radical (unpaired) electrons. The first-order chi connectivity index (χ1) is 13.8. The predicted molar refractivity (Wildman–Crippen MR) is 110 cm³/mol. The van der Waals surface area contributed by atoms with Gasteiger partial charge < -0.3 is 5.32 Å². The summed E-state index contributed by atoms with van der Waals surface area (Å²) in [6.45, 7) is 3.25. The molecular weight excluding hydrogens is 394 g/mol. The Bertz CT molecular complexity index is 1040. The summed E-state index contributed by atoms with van der Waals surface area (Å²) in [5.74, 6) is -1.16. The van der Waals surface area contributed by atoms with E-state index in [1.54, 1.807) is 6.07 Å². The molecular formula is C20H17N3O5S. The Labute approximate surface area is 170 Å². The fourth-order valence-corrected chi connectivity index (χ4v) is 3.72. The summed E-state index contributed by atoms with van der Waals surface area (Å²) >= 11 is 0.648. The molecule has 2 aromatic rings. The van der Waals surface area contributed by atoms with E-state index in [9.17, 15) is 24.5 Å². The lowest BCUT2D eigenvalue weighted by molar-refractivity contribution is -0.385. The van der Waals surface area contributed by atoms with Crippen molar-refractivity contribution in [1.82, 2.24) is 4.90 Å². The molecule has 2 aromatic carbocycles.